The minimum atomic E-state index is -0.293. The highest BCUT2D eigenvalue weighted by Gasteiger charge is 2.03. The van der Waals surface area contributed by atoms with Crippen LogP contribution in [0.25, 0.3) is 0 Å². The fourth-order valence-corrected chi connectivity index (χ4v) is 1.15. The molecule has 0 aliphatic heterocycles. The smallest absolute Gasteiger partial charge is 0.221 e. The van der Waals surface area contributed by atoms with Crippen LogP contribution in [-0.2, 0) is 4.79 Å². The van der Waals surface area contributed by atoms with Crippen molar-refractivity contribution in [3.05, 3.63) is 0 Å². The van der Waals surface area contributed by atoms with Crippen LogP contribution in [0.1, 0.15) is 40.0 Å². The van der Waals surface area contributed by atoms with Crippen molar-refractivity contribution in [3.8, 4) is 0 Å². The number of hydrogen-bond donors (Lipinski definition) is 3. The average molecular weight is 216 g/mol. The van der Waals surface area contributed by atoms with Gasteiger partial charge in [-0.1, -0.05) is 20.8 Å². The summed E-state index contributed by atoms with van der Waals surface area (Å²) >= 11 is 0. The summed E-state index contributed by atoms with van der Waals surface area (Å²) in [6, 6.07) is 0.416. The molecule has 0 saturated heterocycles. The molecule has 0 aromatic rings. The van der Waals surface area contributed by atoms with Crippen LogP contribution in [0, 0.1) is 0 Å². The topological polar surface area (TPSA) is 61.4 Å². The predicted molar refractivity (Wildman–Crippen MR) is 61.7 cm³/mol. The molecular formula is C11H24N2O2. The van der Waals surface area contributed by atoms with Gasteiger partial charge in [0, 0.05) is 25.6 Å². The molecule has 15 heavy (non-hydrogen) atoms. The molecule has 0 fully saturated rings. The molecule has 0 spiro atoms. The van der Waals surface area contributed by atoms with E-state index in [-0.39, 0.29) is 12.0 Å². The number of aliphatic hydroxyl groups is 1. The van der Waals surface area contributed by atoms with Crippen molar-refractivity contribution >= 4 is 5.91 Å². The summed E-state index contributed by atoms with van der Waals surface area (Å²) < 4.78 is 0. The van der Waals surface area contributed by atoms with E-state index < -0.39 is 0 Å². The second-order valence-electron chi connectivity index (χ2n) is 4.06. The monoisotopic (exact) mass is 216 g/mol. The number of carbonyl (C=O) groups excluding carboxylic acids is 1. The largest absolute Gasteiger partial charge is 0.393 e. The molecule has 0 heterocycles. The van der Waals surface area contributed by atoms with Gasteiger partial charge in [-0.2, -0.15) is 0 Å². The molecule has 0 aliphatic carbocycles. The van der Waals surface area contributed by atoms with Gasteiger partial charge in [-0.3, -0.25) is 4.79 Å². The van der Waals surface area contributed by atoms with Gasteiger partial charge in [-0.15, -0.1) is 0 Å². The quantitative estimate of drug-likeness (QED) is 0.558. The SMILES string of the molecule is CCC(O)CCNC(=O)CCNC(C)C. The van der Waals surface area contributed by atoms with E-state index in [2.05, 4.69) is 24.5 Å². The minimum absolute atomic E-state index is 0.0476. The molecule has 1 unspecified atom stereocenters. The molecule has 0 radical (unpaired) electrons. The molecule has 0 aromatic carbocycles. The highest BCUT2D eigenvalue weighted by atomic mass is 16.3. The Hall–Kier alpha value is -0.610. The van der Waals surface area contributed by atoms with Gasteiger partial charge in [0.15, 0.2) is 0 Å². The lowest BCUT2D eigenvalue weighted by atomic mass is 10.2. The molecule has 4 heteroatoms. The molecule has 1 atom stereocenters. The van der Waals surface area contributed by atoms with E-state index >= 15 is 0 Å². The van der Waals surface area contributed by atoms with Gasteiger partial charge >= 0.3 is 0 Å². The summed E-state index contributed by atoms with van der Waals surface area (Å²) in [6.45, 7) is 7.30. The summed E-state index contributed by atoms with van der Waals surface area (Å²) in [4.78, 5) is 11.3. The summed E-state index contributed by atoms with van der Waals surface area (Å²) in [6.07, 6.45) is 1.59. The molecule has 90 valence electrons. The Kier molecular flexibility index (Phi) is 8.33. The van der Waals surface area contributed by atoms with Crippen LogP contribution >= 0.6 is 0 Å². The molecule has 1 amide bonds. The van der Waals surface area contributed by atoms with Crippen molar-refractivity contribution in [3.63, 3.8) is 0 Å². The number of amides is 1. The maximum absolute atomic E-state index is 11.3. The molecule has 0 aromatic heterocycles. The zero-order valence-electron chi connectivity index (χ0n) is 10.0. The lowest BCUT2D eigenvalue weighted by molar-refractivity contribution is -0.121. The molecule has 0 bridgehead atoms. The lowest BCUT2D eigenvalue weighted by Gasteiger charge is -2.10. The normalized spacial score (nSPS) is 12.9. The summed E-state index contributed by atoms with van der Waals surface area (Å²) in [5, 5.41) is 15.2. The number of carbonyl (C=O) groups is 1. The van der Waals surface area contributed by atoms with Gasteiger partial charge in [-0.05, 0) is 12.8 Å². The van der Waals surface area contributed by atoms with E-state index in [9.17, 15) is 9.90 Å². The zero-order chi connectivity index (χ0) is 11.7. The van der Waals surface area contributed by atoms with Crippen molar-refractivity contribution < 1.29 is 9.90 Å². The second-order valence-corrected chi connectivity index (χ2v) is 4.06. The Labute approximate surface area is 92.4 Å². The number of hydrogen-bond acceptors (Lipinski definition) is 3. The van der Waals surface area contributed by atoms with Crippen molar-refractivity contribution in [2.45, 2.75) is 52.2 Å². The third-order valence-electron chi connectivity index (χ3n) is 2.18. The summed E-state index contributed by atoms with van der Waals surface area (Å²) in [5.74, 6) is 0.0476. The van der Waals surface area contributed by atoms with Crippen molar-refractivity contribution in [1.82, 2.24) is 10.6 Å². The minimum Gasteiger partial charge on any atom is -0.393 e. The van der Waals surface area contributed by atoms with Gasteiger partial charge in [0.2, 0.25) is 5.91 Å². The number of nitrogens with one attached hydrogen (secondary N) is 2. The summed E-state index contributed by atoms with van der Waals surface area (Å²) in [5.41, 5.74) is 0. The zero-order valence-corrected chi connectivity index (χ0v) is 10.0. The van der Waals surface area contributed by atoms with Gasteiger partial charge < -0.3 is 15.7 Å². The fourth-order valence-electron chi connectivity index (χ4n) is 1.15. The van der Waals surface area contributed by atoms with E-state index in [4.69, 9.17) is 0 Å². The van der Waals surface area contributed by atoms with E-state index in [0.717, 1.165) is 6.42 Å². The van der Waals surface area contributed by atoms with Gasteiger partial charge in [0.25, 0.3) is 0 Å². The van der Waals surface area contributed by atoms with Crippen LogP contribution in [0.4, 0.5) is 0 Å². The number of aliphatic hydroxyl groups excluding tert-OH is 1. The third kappa shape index (κ3) is 9.69. The first-order valence-electron chi connectivity index (χ1n) is 5.74. The van der Waals surface area contributed by atoms with Crippen LogP contribution in [-0.4, -0.2) is 36.2 Å². The first-order chi connectivity index (χ1) is 7.06. The molecule has 0 saturated carbocycles. The third-order valence-corrected chi connectivity index (χ3v) is 2.18. The molecule has 4 nitrogen and oxygen atoms in total. The lowest BCUT2D eigenvalue weighted by Crippen LogP contribution is -2.31. The van der Waals surface area contributed by atoms with Crippen molar-refractivity contribution in [1.29, 1.82) is 0 Å². The predicted octanol–water partition coefficient (Wildman–Crippen LogP) is 0.652. The highest BCUT2D eigenvalue weighted by molar-refractivity contribution is 5.75. The molecule has 0 aliphatic rings. The Balaban J connectivity index is 3.33. The van der Waals surface area contributed by atoms with Gasteiger partial charge in [-0.25, -0.2) is 0 Å². The fraction of sp³-hybridized carbons (Fsp3) is 0.909. The van der Waals surface area contributed by atoms with Crippen molar-refractivity contribution in [2.24, 2.45) is 0 Å². The Morgan fingerprint density at radius 1 is 1.33 bits per heavy atom. The average Bonchev–Trinajstić information content (AvgIpc) is 2.17. The van der Waals surface area contributed by atoms with Crippen molar-refractivity contribution in [2.75, 3.05) is 13.1 Å². The van der Waals surface area contributed by atoms with E-state index in [1.54, 1.807) is 0 Å². The molecular weight excluding hydrogens is 192 g/mol. The van der Waals surface area contributed by atoms with Gasteiger partial charge in [0.05, 0.1) is 6.10 Å². The standard InChI is InChI=1S/C11H24N2O2/c1-4-10(14)5-7-13-11(15)6-8-12-9(2)3/h9-10,12,14H,4-8H2,1-3H3,(H,13,15). The van der Waals surface area contributed by atoms with Crippen LogP contribution in [0.3, 0.4) is 0 Å². The van der Waals surface area contributed by atoms with Gasteiger partial charge in [0.1, 0.15) is 0 Å². The number of rotatable bonds is 8. The Morgan fingerprint density at radius 3 is 2.53 bits per heavy atom. The Bertz CT molecular complexity index is 172. The van der Waals surface area contributed by atoms with Crippen LogP contribution in [0.5, 0.6) is 0 Å². The molecule has 0 rings (SSSR count). The van der Waals surface area contributed by atoms with Crippen LogP contribution < -0.4 is 10.6 Å². The maximum atomic E-state index is 11.3. The highest BCUT2D eigenvalue weighted by Crippen LogP contribution is 1.94. The Morgan fingerprint density at radius 2 is 2.00 bits per heavy atom. The first-order valence-corrected chi connectivity index (χ1v) is 5.74. The second kappa shape index (κ2) is 8.68. The maximum Gasteiger partial charge on any atom is 0.221 e. The first kappa shape index (κ1) is 14.4. The van der Waals surface area contributed by atoms with E-state index in [1.807, 2.05) is 6.92 Å². The van der Waals surface area contributed by atoms with Crippen LogP contribution in [0.15, 0.2) is 0 Å². The summed E-state index contributed by atoms with van der Waals surface area (Å²) in [7, 11) is 0. The molecule has 3 N–H and O–H groups in total. The van der Waals surface area contributed by atoms with Crippen LogP contribution in [0.2, 0.25) is 0 Å². The van der Waals surface area contributed by atoms with E-state index in [1.165, 1.54) is 0 Å². The van der Waals surface area contributed by atoms with E-state index in [0.29, 0.717) is 32.0 Å².